The SMILES string of the molecule is O=C(CCCCCc1cc2ccccc2o1)N(Cc1cccs1)Cc1cccs1. The molecule has 0 bridgehead atoms. The van der Waals surface area contributed by atoms with Crippen molar-refractivity contribution in [2.75, 3.05) is 0 Å². The number of para-hydroxylation sites is 1. The summed E-state index contributed by atoms with van der Waals surface area (Å²) in [6, 6.07) is 18.6. The number of thiophene rings is 2. The third kappa shape index (κ3) is 5.58. The zero-order valence-electron chi connectivity index (χ0n) is 16.4. The molecule has 5 heteroatoms. The summed E-state index contributed by atoms with van der Waals surface area (Å²) in [7, 11) is 0. The standard InChI is InChI=1S/C24H25NO2S2/c26-24(25(17-21-10-6-14-28-21)18-22-11-7-15-29-22)13-3-1-2-9-20-16-19-8-4-5-12-23(19)27-20/h4-8,10-12,14-16H,1-3,9,13,17-18H2. The van der Waals surface area contributed by atoms with Crippen molar-refractivity contribution >= 4 is 39.5 Å². The van der Waals surface area contributed by atoms with Crippen LogP contribution in [0.25, 0.3) is 11.0 Å². The molecular formula is C24H25NO2S2. The van der Waals surface area contributed by atoms with Crippen LogP contribution in [0.5, 0.6) is 0 Å². The van der Waals surface area contributed by atoms with Gasteiger partial charge < -0.3 is 9.32 Å². The van der Waals surface area contributed by atoms with E-state index in [0.717, 1.165) is 42.4 Å². The highest BCUT2D eigenvalue weighted by atomic mass is 32.1. The first-order chi connectivity index (χ1) is 14.3. The molecule has 3 heterocycles. The number of hydrogen-bond donors (Lipinski definition) is 0. The molecule has 1 aromatic carbocycles. The Kier molecular flexibility index (Phi) is 6.80. The highest BCUT2D eigenvalue weighted by molar-refractivity contribution is 7.10. The van der Waals surface area contributed by atoms with E-state index in [9.17, 15) is 4.79 Å². The molecule has 4 aromatic rings. The predicted octanol–water partition coefficient (Wildman–Crippen LogP) is 6.89. The summed E-state index contributed by atoms with van der Waals surface area (Å²) in [4.78, 5) is 17.3. The molecule has 0 fully saturated rings. The van der Waals surface area contributed by atoms with Crippen LogP contribution < -0.4 is 0 Å². The number of aryl methyl sites for hydroxylation is 1. The minimum atomic E-state index is 0.246. The number of amides is 1. The first-order valence-corrected chi connectivity index (χ1v) is 11.8. The Labute approximate surface area is 179 Å². The van der Waals surface area contributed by atoms with Crippen LogP contribution in [-0.4, -0.2) is 10.8 Å². The average molecular weight is 424 g/mol. The van der Waals surface area contributed by atoms with E-state index < -0.39 is 0 Å². The van der Waals surface area contributed by atoms with Crippen molar-refractivity contribution in [1.29, 1.82) is 0 Å². The van der Waals surface area contributed by atoms with Crippen LogP contribution in [0, 0.1) is 0 Å². The maximum atomic E-state index is 12.9. The normalized spacial score (nSPS) is 11.2. The van der Waals surface area contributed by atoms with Crippen molar-refractivity contribution in [3.63, 3.8) is 0 Å². The van der Waals surface area contributed by atoms with E-state index in [0.29, 0.717) is 19.5 Å². The first-order valence-electron chi connectivity index (χ1n) is 10.1. The predicted molar refractivity (Wildman–Crippen MR) is 121 cm³/mol. The van der Waals surface area contributed by atoms with Crippen LogP contribution in [0.2, 0.25) is 0 Å². The monoisotopic (exact) mass is 423 g/mol. The fourth-order valence-corrected chi connectivity index (χ4v) is 4.92. The summed E-state index contributed by atoms with van der Waals surface area (Å²) in [5.74, 6) is 1.28. The molecule has 0 saturated carbocycles. The second-order valence-corrected chi connectivity index (χ2v) is 9.28. The lowest BCUT2D eigenvalue weighted by molar-refractivity contribution is -0.132. The molecule has 3 aromatic heterocycles. The lowest BCUT2D eigenvalue weighted by Crippen LogP contribution is -2.29. The second kappa shape index (κ2) is 9.90. The fraction of sp³-hybridized carbons (Fsp3) is 0.292. The third-order valence-electron chi connectivity index (χ3n) is 5.00. The van der Waals surface area contributed by atoms with Crippen LogP contribution in [0.15, 0.2) is 69.8 Å². The van der Waals surface area contributed by atoms with Crippen LogP contribution in [-0.2, 0) is 24.3 Å². The van der Waals surface area contributed by atoms with Crippen molar-refractivity contribution < 1.29 is 9.21 Å². The molecule has 0 saturated heterocycles. The summed E-state index contributed by atoms with van der Waals surface area (Å²) in [5.41, 5.74) is 0.954. The topological polar surface area (TPSA) is 33.5 Å². The van der Waals surface area contributed by atoms with Gasteiger partial charge in [0.25, 0.3) is 0 Å². The number of rotatable bonds is 10. The summed E-state index contributed by atoms with van der Waals surface area (Å²) in [6.07, 6.45) is 4.54. The Morgan fingerprint density at radius 2 is 1.59 bits per heavy atom. The third-order valence-corrected chi connectivity index (χ3v) is 6.72. The van der Waals surface area contributed by atoms with Gasteiger partial charge in [-0.3, -0.25) is 4.79 Å². The maximum Gasteiger partial charge on any atom is 0.223 e. The number of nitrogens with zero attached hydrogens (tertiary/aromatic N) is 1. The largest absolute Gasteiger partial charge is 0.461 e. The van der Waals surface area contributed by atoms with Gasteiger partial charge in [0.15, 0.2) is 0 Å². The summed E-state index contributed by atoms with van der Waals surface area (Å²) in [6.45, 7) is 1.40. The van der Waals surface area contributed by atoms with E-state index in [2.05, 4.69) is 35.0 Å². The Morgan fingerprint density at radius 1 is 0.862 bits per heavy atom. The van der Waals surface area contributed by atoms with Gasteiger partial charge in [0, 0.05) is 28.0 Å². The Bertz CT molecular complexity index is 949. The number of carbonyl (C=O) groups is 1. The molecule has 0 radical (unpaired) electrons. The van der Waals surface area contributed by atoms with Crippen LogP contribution >= 0.6 is 22.7 Å². The van der Waals surface area contributed by atoms with Crippen LogP contribution in [0.1, 0.15) is 41.2 Å². The Morgan fingerprint density at radius 3 is 2.24 bits per heavy atom. The minimum Gasteiger partial charge on any atom is -0.461 e. The van der Waals surface area contributed by atoms with Gasteiger partial charge in [0.1, 0.15) is 11.3 Å². The molecular weight excluding hydrogens is 398 g/mol. The van der Waals surface area contributed by atoms with E-state index in [4.69, 9.17) is 4.42 Å². The summed E-state index contributed by atoms with van der Waals surface area (Å²) in [5, 5.41) is 5.30. The van der Waals surface area contributed by atoms with E-state index in [1.165, 1.54) is 9.75 Å². The van der Waals surface area contributed by atoms with Gasteiger partial charge in [0.05, 0.1) is 13.1 Å². The molecule has 0 aliphatic heterocycles. The van der Waals surface area contributed by atoms with E-state index in [1.807, 2.05) is 35.2 Å². The Hall–Kier alpha value is -2.37. The molecule has 4 rings (SSSR count). The minimum absolute atomic E-state index is 0.246. The average Bonchev–Trinajstić information content (AvgIpc) is 3.48. The maximum absolute atomic E-state index is 12.9. The molecule has 3 nitrogen and oxygen atoms in total. The molecule has 29 heavy (non-hydrogen) atoms. The number of fused-ring (bicyclic) bond motifs is 1. The zero-order chi connectivity index (χ0) is 19.9. The van der Waals surface area contributed by atoms with Gasteiger partial charge in [-0.15, -0.1) is 22.7 Å². The van der Waals surface area contributed by atoms with Gasteiger partial charge in [-0.2, -0.15) is 0 Å². The van der Waals surface area contributed by atoms with Gasteiger partial charge in [-0.05, 0) is 47.9 Å². The number of furan rings is 1. The van der Waals surface area contributed by atoms with Crippen LogP contribution in [0.3, 0.4) is 0 Å². The van der Waals surface area contributed by atoms with E-state index >= 15 is 0 Å². The van der Waals surface area contributed by atoms with Crippen LogP contribution in [0.4, 0.5) is 0 Å². The van der Waals surface area contributed by atoms with Gasteiger partial charge in [-0.25, -0.2) is 0 Å². The molecule has 1 amide bonds. The number of hydrogen-bond acceptors (Lipinski definition) is 4. The van der Waals surface area contributed by atoms with Gasteiger partial charge >= 0.3 is 0 Å². The summed E-state index contributed by atoms with van der Waals surface area (Å²) >= 11 is 3.42. The summed E-state index contributed by atoms with van der Waals surface area (Å²) < 4.78 is 5.88. The lowest BCUT2D eigenvalue weighted by atomic mass is 10.1. The van der Waals surface area contributed by atoms with E-state index in [1.54, 1.807) is 22.7 Å². The molecule has 0 aliphatic carbocycles. The lowest BCUT2D eigenvalue weighted by Gasteiger charge is -2.21. The molecule has 0 unspecified atom stereocenters. The molecule has 0 atom stereocenters. The van der Waals surface area contributed by atoms with Gasteiger partial charge in [-0.1, -0.05) is 36.8 Å². The molecule has 150 valence electrons. The number of benzene rings is 1. The van der Waals surface area contributed by atoms with Crippen molar-refractivity contribution in [2.45, 2.75) is 45.2 Å². The van der Waals surface area contributed by atoms with Gasteiger partial charge in [0.2, 0.25) is 5.91 Å². The fourth-order valence-electron chi connectivity index (χ4n) is 3.48. The molecule has 0 N–H and O–H groups in total. The zero-order valence-corrected chi connectivity index (χ0v) is 18.0. The van der Waals surface area contributed by atoms with E-state index in [-0.39, 0.29) is 5.91 Å². The number of unbranched alkanes of at least 4 members (excludes halogenated alkanes) is 2. The highest BCUT2D eigenvalue weighted by Crippen LogP contribution is 2.21. The molecule has 0 aliphatic rings. The Balaban J connectivity index is 1.24. The van der Waals surface area contributed by atoms with Crippen molar-refractivity contribution in [1.82, 2.24) is 4.90 Å². The van der Waals surface area contributed by atoms with Crippen molar-refractivity contribution in [2.24, 2.45) is 0 Å². The highest BCUT2D eigenvalue weighted by Gasteiger charge is 2.15. The van der Waals surface area contributed by atoms with Crippen molar-refractivity contribution in [3.05, 3.63) is 80.9 Å². The smallest absolute Gasteiger partial charge is 0.223 e. The molecule has 0 spiro atoms. The number of carbonyl (C=O) groups excluding carboxylic acids is 1. The van der Waals surface area contributed by atoms with Crippen molar-refractivity contribution in [3.8, 4) is 0 Å². The second-order valence-electron chi connectivity index (χ2n) is 7.22. The quantitative estimate of drug-likeness (QED) is 0.260. The first kappa shape index (κ1) is 19.9.